The lowest BCUT2D eigenvalue weighted by Gasteiger charge is -2.26. The second kappa shape index (κ2) is 6.32. The van der Waals surface area contributed by atoms with Crippen LogP contribution in [-0.4, -0.2) is 15.9 Å². The number of hydrogen-bond donors (Lipinski definition) is 2. The molecule has 6 heteroatoms. The van der Waals surface area contributed by atoms with E-state index < -0.39 is 11.5 Å². The molecule has 0 aliphatic rings. The zero-order valence-corrected chi connectivity index (χ0v) is 13.5. The van der Waals surface area contributed by atoms with E-state index in [4.69, 9.17) is 18.0 Å². The number of thiazole rings is 1. The van der Waals surface area contributed by atoms with Gasteiger partial charge in [-0.05, 0) is 19.4 Å². The number of aromatic nitrogens is 1. The number of rotatable bonds is 5. The van der Waals surface area contributed by atoms with Crippen molar-refractivity contribution in [3.05, 3.63) is 52.5 Å². The molecule has 1 aromatic heterocycles. The first-order valence-electron chi connectivity index (χ1n) is 6.48. The Hall–Kier alpha value is -1.79. The summed E-state index contributed by atoms with van der Waals surface area (Å²) >= 11 is 6.57. The second-order valence-electron chi connectivity index (χ2n) is 5.20. The minimum atomic E-state index is -0.638. The molecule has 1 heterocycles. The van der Waals surface area contributed by atoms with E-state index >= 15 is 0 Å². The lowest BCUT2D eigenvalue weighted by molar-refractivity contribution is -0.122. The largest absolute Gasteiger partial charge is 0.392 e. The fourth-order valence-electron chi connectivity index (χ4n) is 2.06. The molecule has 3 N–H and O–H groups in total. The Kier molecular flexibility index (Phi) is 4.69. The van der Waals surface area contributed by atoms with Gasteiger partial charge in [-0.2, -0.15) is 0 Å². The number of nitrogens with one attached hydrogen (secondary N) is 1. The highest BCUT2D eigenvalue weighted by Crippen LogP contribution is 2.24. The smallest absolute Gasteiger partial charge is 0.235 e. The molecule has 0 bridgehead atoms. The summed E-state index contributed by atoms with van der Waals surface area (Å²) in [4.78, 5) is 17.0. The lowest BCUT2D eigenvalue weighted by atomic mass is 9.96. The molecule has 0 aliphatic heterocycles. The summed E-state index contributed by atoms with van der Waals surface area (Å²) in [6.45, 7) is 3.82. The molecular formula is C15H17N3OS2. The molecule has 0 fully saturated rings. The van der Waals surface area contributed by atoms with E-state index in [2.05, 4.69) is 10.3 Å². The average molecular weight is 319 g/mol. The van der Waals surface area contributed by atoms with Crippen LogP contribution < -0.4 is 11.1 Å². The Bertz CT molecular complexity index is 624. The topological polar surface area (TPSA) is 68.0 Å². The van der Waals surface area contributed by atoms with Crippen LogP contribution in [0.3, 0.4) is 0 Å². The molecule has 1 amide bonds. The highest BCUT2D eigenvalue weighted by atomic mass is 32.1. The van der Waals surface area contributed by atoms with Crippen molar-refractivity contribution in [3.8, 4) is 0 Å². The van der Waals surface area contributed by atoms with Gasteiger partial charge in [-0.1, -0.05) is 42.5 Å². The Labute approximate surface area is 133 Å². The summed E-state index contributed by atoms with van der Waals surface area (Å²) in [5.41, 5.74) is 5.99. The van der Waals surface area contributed by atoms with Crippen LogP contribution in [0.5, 0.6) is 0 Å². The van der Waals surface area contributed by atoms with Crippen molar-refractivity contribution < 1.29 is 4.79 Å². The monoisotopic (exact) mass is 319 g/mol. The summed E-state index contributed by atoms with van der Waals surface area (Å²) in [7, 11) is 0. The van der Waals surface area contributed by atoms with Crippen LogP contribution in [0.1, 0.15) is 30.3 Å². The number of amides is 1. The predicted octanol–water partition coefficient (Wildman–Crippen LogP) is 2.56. The van der Waals surface area contributed by atoms with Gasteiger partial charge in [0.2, 0.25) is 5.91 Å². The van der Waals surface area contributed by atoms with Crippen molar-refractivity contribution in [2.75, 3.05) is 0 Å². The first-order valence-corrected chi connectivity index (χ1v) is 7.77. The summed E-state index contributed by atoms with van der Waals surface area (Å²) in [5, 5.41) is 5.70. The molecule has 0 saturated heterocycles. The lowest BCUT2D eigenvalue weighted by Crippen LogP contribution is -2.45. The standard InChI is InChI=1S/C15H17N3OS2/c1-15(2,14-17-8-9-21-14)18-13(19)11(12(16)20)10-6-4-3-5-7-10/h3-9,11H,1-2H3,(H2,16,20)(H,18,19). The second-order valence-corrected chi connectivity index (χ2v) is 6.56. The molecule has 1 atom stereocenters. The van der Waals surface area contributed by atoms with Gasteiger partial charge in [0.05, 0.1) is 10.5 Å². The first-order chi connectivity index (χ1) is 9.92. The molecule has 0 aliphatic carbocycles. The molecule has 4 nitrogen and oxygen atoms in total. The van der Waals surface area contributed by atoms with Crippen LogP contribution in [0, 0.1) is 0 Å². The summed E-state index contributed by atoms with van der Waals surface area (Å²) in [6, 6.07) is 9.30. The van der Waals surface area contributed by atoms with Crippen molar-refractivity contribution in [2.45, 2.75) is 25.3 Å². The molecule has 0 spiro atoms. The Morgan fingerprint density at radius 3 is 2.57 bits per heavy atom. The summed E-state index contributed by atoms with van der Waals surface area (Å²) < 4.78 is 0. The normalized spacial score (nSPS) is 12.7. The Morgan fingerprint density at radius 2 is 2.05 bits per heavy atom. The minimum Gasteiger partial charge on any atom is -0.392 e. The first kappa shape index (κ1) is 15.6. The van der Waals surface area contributed by atoms with Gasteiger partial charge in [-0.15, -0.1) is 11.3 Å². The fraction of sp³-hybridized carbons (Fsp3) is 0.267. The fourth-order valence-corrected chi connectivity index (χ4v) is 3.02. The zero-order chi connectivity index (χ0) is 15.5. The van der Waals surface area contributed by atoms with E-state index in [9.17, 15) is 4.79 Å². The maximum absolute atomic E-state index is 12.6. The minimum absolute atomic E-state index is 0.161. The molecule has 110 valence electrons. The van der Waals surface area contributed by atoms with E-state index in [0.29, 0.717) is 0 Å². The SMILES string of the molecule is CC(C)(NC(=O)C(C(N)=S)c1ccccc1)c1nccs1. The third-order valence-electron chi connectivity index (χ3n) is 3.08. The van der Waals surface area contributed by atoms with Crippen molar-refractivity contribution in [2.24, 2.45) is 5.73 Å². The number of carbonyl (C=O) groups excluding carboxylic acids is 1. The van der Waals surface area contributed by atoms with Gasteiger partial charge in [-0.25, -0.2) is 4.98 Å². The third-order valence-corrected chi connectivity index (χ3v) is 4.41. The van der Waals surface area contributed by atoms with Gasteiger partial charge in [0.15, 0.2) is 0 Å². The van der Waals surface area contributed by atoms with Crippen molar-refractivity contribution in [3.63, 3.8) is 0 Å². The van der Waals surface area contributed by atoms with Gasteiger partial charge in [0, 0.05) is 11.6 Å². The zero-order valence-electron chi connectivity index (χ0n) is 11.9. The highest BCUT2D eigenvalue weighted by Gasteiger charge is 2.31. The average Bonchev–Trinajstić information content (AvgIpc) is 2.93. The van der Waals surface area contributed by atoms with Crippen LogP contribution >= 0.6 is 23.6 Å². The number of nitrogens with two attached hydrogens (primary N) is 1. The molecular weight excluding hydrogens is 302 g/mol. The van der Waals surface area contributed by atoms with Crippen molar-refractivity contribution in [1.29, 1.82) is 0 Å². The van der Waals surface area contributed by atoms with Crippen molar-refractivity contribution in [1.82, 2.24) is 10.3 Å². The molecule has 0 saturated carbocycles. The van der Waals surface area contributed by atoms with E-state index in [1.165, 1.54) is 11.3 Å². The molecule has 2 rings (SSSR count). The van der Waals surface area contributed by atoms with Gasteiger partial charge < -0.3 is 11.1 Å². The maximum Gasteiger partial charge on any atom is 0.235 e. The number of thiocarbonyl (C=S) groups is 1. The van der Waals surface area contributed by atoms with Gasteiger partial charge in [-0.3, -0.25) is 4.79 Å². The van der Waals surface area contributed by atoms with E-state index in [0.717, 1.165) is 10.6 Å². The Balaban J connectivity index is 2.23. The molecule has 2 aromatic rings. The number of hydrogen-bond acceptors (Lipinski definition) is 4. The third kappa shape index (κ3) is 3.65. The van der Waals surface area contributed by atoms with Crippen molar-refractivity contribution >= 4 is 34.5 Å². The Morgan fingerprint density at radius 1 is 1.38 bits per heavy atom. The number of nitrogens with zero attached hydrogens (tertiary/aromatic N) is 1. The summed E-state index contributed by atoms with van der Waals surface area (Å²) in [5.74, 6) is -0.852. The molecule has 1 aromatic carbocycles. The van der Waals surface area contributed by atoms with Gasteiger partial charge >= 0.3 is 0 Å². The van der Waals surface area contributed by atoms with Crippen LogP contribution in [0.25, 0.3) is 0 Å². The maximum atomic E-state index is 12.6. The van der Waals surface area contributed by atoms with Crippen LogP contribution in [0.2, 0.25) is 0 Å². The van der Waals surface area contributed by atoms with Crippen LogP contribution in [0.15, 0.2) is 41.9 Å². The number of benzene rings is 1. The highest BCUT2D eigenvalue weighted by molar-refractivity contribution is 7.80. The van der Waals surface area contributed by atoms with E-state index in [-0.39, 0.29) is 10.9 Å². The van der Waals surface area contributed by atoms with E-state index in [1.54, 1.807) is 6.20 Å². The van der Waals surface area contributed by atoms with Crippen LogP contribution in [0.4, 0.5) is 0 Å². The van der Waals surface area contributed by atoms with Gasteiger partial charge in [0.25, 0.3) is 0 Å². The van der Waals surface area contributed by atoms with Gasteiger partial charge in [0.1, 0.15) is 10.9 Å². The molecule has 1 unspecified atom stereocenters. The number of carbonyl (C=O) groups is 1. The summed E-state index contributed by atoms with van der Waals surface area (Å²) in [6.07, 6.45) is 1.72. The van der Waals surface area contributed by atoms with Crippen LogP contribution in [-0.2, 0) is 10.3 Å². The quantitative estimate of drug-likeness (QED) is 0.831. The predicted molar refractivity (Wildman–Crippen MR) is 89.3 cm³/mol. The van der Waals surface area contributed by atoms with E-state index in [1.807, 2.05) is 49.6 Å². The molecule has 21 heavy (non-hydrogen) atoms. The molecule has 0 radical (unpaired) electrons.